The molecule has 0 radical (unpaired) electrons. The number of benzene rings is 1. The van der Waals surface area contributed by atoms with E-state index in [1.54, 1.807) is 0 Å². The Bertz CT molecular complexity index is 916. The highest BCUT2D eigenvalue weighted by molar-refractivity contribution is 7.17. The molecule has 1 aliphatic rings. The van der Waals surface area contributed by atoms with E-state index in [9.17, 15) is 18.4 Å². The normalized spacial score (nSPS) is 13.1. The van der Waals surface area contributed by atoms with Crippen molar-refractivity contribution in [2.75, 3.05) is 25.6 Å². The number of esters is 1. The van der Waals surface area contributed by atoms with Crippen LogP contribution in [0.1, 0.15) is 44.0 Å². The topological polar surface area (TPSA) is 64.6 Å². The van der Waals surface area contributed by atoms with Crippen molar-refractivity contribution in [1.29, 1.82) is 0 Å². The van der Waals surface area contributed by atoms with Gasteiger partial charge in [0, 0.05) is 12.0 Å². The molecule has 28 heavy (non-hydrogen) atoms. The van der Waals surface area contributed by atoms with E-state index in [4.69, 9.17) is 21.1 Å². The first kappa shape index (κ1) is 20.7. The lowest BCUT2D eigenvalue weighted by Gasteiger charge is -2.13. The summed E-state index contributed by atoms with van der Waals surface area (Å²) < 4.78 is 36.9. The molecule has 9 heteroatoms. The number of anilines is 1. The summed E-state index contributed by atoms with van der Waals surface area (Å²) in [5.74, 6) is -3.61. The molecule has 0 bridgehead atoms. The van der Waals surface area contributed by atoms with E-state index in [0.29, 0.717) is 17.0 Å². The molecule has 1 aromatic carbocycles. The lowest BCUT2D eigenvalue weighted by atomic mass is 9.95. The van der Waals surface area contributed by atoms with Gasteiger partial charge in [-0.25, -0.2) is 13.6 Å². The number of rotatable bonds is 6. The highest BCUT2D eigenvalue weighted by atomic mass is 35.5. The lowest BCUT2D eigenvalue weighted by molar-refractivity contribution is 0.0388. The van der Waals surface area contributed by atoms with Crippen LogP contribution >= 0.6 is 22.9 Å². The quantitative estimate of drug-likeness (QED) is 0.413. The summed E-state index contributed by atoms with van der Waals surface area (Å²) in [6.45, 7) is 0.340. The van der Waals surface area contributed by atoms with Crippen LogP contribution in [-0.4, -0.2) is 32.2 Å². The van der Waals surface area contributed by atoms with Crippen molar-refractivity contribution in [3.8, 4) is 0 Å². The van der Waals surface area contributed by atoms with Gasteiger partial charge in [-0.3, -0.25) is 4.79 Å². The number of amides is 1. The standard InChI is InChI=1S/C19H18ClF2NO4S/c1-26-6-7-27-19(25)16-10-4-2-3-5-15(10)28-18(16)23-17(24)11-8-13(21)14(22)9-12(11)20/h8-9H,2-7H2,1H3,(H,23,24). The number of fused-ring (bicyclic) bond motifs is 1. The Balaban J connectivity index is 1.91. The third-order valence-electron chi connectivity index (χ3n) is 4.38. The fourth-order valence-corrected chi connectivity index (χ4v) is 4.54. The van der Waals surface area contributed by atoms with Gasteiger partial charge in [0.2, 0.25) is 0 Å². The minimum atomic E-state index is -1.18. The third kappa shape index (κ3) is 4.34. The van der Waals surface area contributed by atoms with Crippen molar-refractivity contribution in [1.82, 2.24) is 0 Å². The van der Waals surface area contributed by atoms with Crippen LogP contribution in [0.3, 0.4) is 0 Å². The summed E-state index contributed by atoms with van der Waals surface area (Å²) in [5.41, 5.74) is 0.957. The van der Waals surface area contributed by atoms with Crippen molar-refractivity contribution in [3.05, 3.63) is 50.4 Å². The Morgan fingerprint density at radius 1 is 1.18 bits per heavy atom. The number of nitrogens with one attached hydrogen (secondary N) is 1. The number of carbonyl (C=O) groups excluding carboxylic acids is 2. The monoisotopic (exact) mass is 429 g/mol. The second-order valence-corrected chi connectivity index (χ2v) is 7.76. The van der Waals surface area contributed by atoms with E-state index in [1.165, 1.54) is 18.4 Å². The largest absolute Gasteiger partial charge is 0.460 e. The predicted octanol–water partition coefficient (Wildman–Crippen LogP) is 4.61. The van der Waals surface area contributed by atoms with Gasteiger partial charge >= 0.3 is 5.97 Å². The Labute approximate surface area is 169 Å². The van der Waals surface area contributed by atoms with Gasteiger partial charge in [0.05, 0.1) is 22.8 Å². The fraction of sp³-hybridized carbons (Fsp3) is 0.368. The summed E-state index contributed by atoms with van der Waals surface area (Å²) in [5, 5.41) is 2.72. The summed E-state index contributed by atoms with van der Waals surface area (Å²) in [7, 11) is 1.50. The van der Waals surface area contributed by atoms with Crippen LogP contribution in [0.2, 0.25) is 5.02 Å². The van der Waals surface area contributed by atoms with Gasteiger partial charge in [-0.1, -0.05) is 11.6 Å². The summed E-state index contributed by atoms with van der Waals surface area (Å²) in [4.78, 5) is 26.2. The Morgan fingerprint density at radius 3 is 2.64 bits per heavy atom. The van der Waals surface area contributed by atoms with E-state index >= 15 is 0 Å². The maximum atomic E-state index is 13.5. The van der Waals surface area contributed by atoms with E-state index in [0.717, 1.165) is 41.8 Å². The molecule has 3 rings (SSSR count). The molecule has 0 aliphatic heterocycles. The first-order valence-electron chi connectivity index (χ1n) is 8.68. The van der Waals surface area contributed by atoms with Gasteiger partial charge in [0.15, 0.2) is 11.6 Å². The van der Waals surface area contributed by atoms with Gasteiger partial charge in [-0.2, -0.15) is 0 Å². The summed E-state index contributed by atoms with van der Waals surface area (Å²) >= 11 is 7.17. The van der Waals surface area contributed by atoms with Crippen LogP contribution < -0.4 is 5.32 Å². The smallest absolute Gasteiger partial charge is 0.341 e. The van der Waals surface area contributed by atoms with Crippen LogP contribution in [0.4, 0.5) is 13.8 Å². The number of hydrogen-bond acceptors (Lipinski definition) is 5. The Hall–Kier alpha value is -2.03. The van der Waals surface area contributed by atoms with E-state index in [2.05, 4.69) is 5.32 Å². The average molecular weight is 430 g/mol. The average Bonchev–Trinajstić information content (AvgIpc) is 3.02. The fourth-order valence-electron chi connectivity index (χ4n) is 3.03. The third-order valence-corrected chi connectivity index (χ3v) is 5.90. The van der Waals surface area contributed by atoms with Crippen molar-refractivity contribution in [2.45, 2.75) is 25.7 Å². The predicted molar refractivity (Wildman–Crippen MR) is 102 cm³/mol. The van der Waals surface area contributed by atoms with Gasteiger partial charge < -0.3 is 14.8 Å². The van der Waals surface area contributed by atoms with Gasteiger partial charge in [-0.15, -0.1) is 11.3 Å². The van der Waals surface area contributed by atoms with Gasteiger partial charge in [-0.05, 0) is 43.4 Å². The van der Waals surface area contributed by atoms with E-state index < -0.39 is 23.5 Å². The molecule has 1 amide bonds. The molecule has 0 unspecified atom stereocenters. The zero-order valence-electron chi connectivity index (χ0n) is 15.1. The number of ether oxygens (including phenoxy) is 2. The highest BCUT2D eigenvalue weighted by Gasteiger charge is 2.28. The van der Waals surface area contributed by atoms with Crippen molar-refractivity contribution in [3.63, 3.8) is 0 Å². The first-order valence-corrected chi connectivity index (χ1v) is 9.88. The molecule has 150 valence electrons. The van der Waals surface area contributed by atoms with Crippen molar-refractivity contribution < 1.29 is 27.8 Å². The summed E-state index contributed by atoms with van der Waals surface area (Å²) in [6, 6.07) is 1.47. The molecule has 0 saturated carbocycles. The Morgan fingerprint density at radius 2 is 1.89 bits per heavy atom. The van der Waals surface area contributed by atoms with Crippen LogP contribution in [-0.2, 0) is 22.3 Å². The maximum Gasteiger partial charge on any atom is 0.341 e. The summed E-state index contributed by atoms with van der Waals surface area (Å²) in [6.07, 6.45) is 3.45. The Kier molecular flexibility index (Phi) is 6.64. The molecule has 5 nitrogen and oxygen atoms in total. The number of hydrogen-bond donors (Lipinski definition) is 1. The number of thiophene rings is 1. The van der Waals surface area contributed by atoms with Crippen molar-refractivity contribution in [2.24, 2.45) is 0 Å². The van der Waals surface area contributed by atoms with Crippen LogP contribution in [0.25, 0.3) is 0 Å². The minimum Gasteiger partial charge on any atom is -0.460 e. The maximum absolute atomic E-state index is 13.5. The molecular weight excluding hydrogens is 412 g/mol. The first-order chi connectivity index (χ1) is 13.4. The molecule has 1 N–H and O–H groups in total. The molecule has 0 spiro atoms. The van der Waals surface area contributed by atoms with E-state index in [1.807, 2.05) is 0 Å². The van der Waals surface area contributed by atoms with Crippen LogP contribution in [0.5, 0.6) is 0 Å². The minimum absolute atomic E-state index is 0.0857. The van der Waals surface area contributed by atoms with E-state index in [-0.39, 0.29) is 23.8 Å². The molecule has 1 aromatic heterocycles. The second kappa shape index (κ2) is 8.98. The van der Waals surface area contributed by atoms with Crippen molar-refractivity contribution >= 4 is 39.8 Å². The number of methoxy groups -OCH3 is 1. The molecule has 2 aromatic rings. The number of carbonyl (C=O) groups is 2. The molecule has 0 atom stereocenters. The molecule has 0 saturated heterocycles. The molecule has 1 aliphatic carbocycles. The number of halogens is 3. The number of aryl methyl sites for hydroxylation is 1. The second-order valence-electron chi connectivity index (χ2n) is 6.24. The van der Waals surface area contributed by atoms with Crippen LogP contribution in [0, 0.1) is 11.6 Å². The molecule has 1 heterocycles. The van der Waals surface area contributed by atoms with Crippen LogP contribution in [0.15, 0.2) is 12.1 Å². The van der Waals surface area contributed by atoms with Gasteiger partial charge in [0.25, 0.3) is 5.91 Å². The van der Waals surface area contributed by atoms with Gasteiger partial charge in [0.1, 0.15) is 11.6 Å². The molecular formula is C19H18ClF2NO4S. The highest BCUT2D eigenvalue weighted by Crippen LogP contribution is 2.39. The molecule has 0 fully saturated rings. The zero-order chi connectivity index (χ0) is 20.3. The zero-order valence-corrected chi connectivity index (χ0v) is 16.6. The lowest BCUT2D eigenvalue weighted by Crippen LogP contribution is -2.17. The SMILES string of the molecule is COCCOC(=O)c1c(NC(=O)c2cc(F)c(F)cc2Cl)sc2c1CCCC2.